The predicted octanol–water partition coefficient (Wildman–Crippen LogP) is 4.44. The van der Waals surface area contributed by atoms with Crippen LogP contribution in [0, 0.1) is 0 Å². The van der Waals surface area contributed by atoms with Crippen molar-refractivity contribution in [2.75, 3.05) is 0 Å². The van der Waals surface area contributed by atoms with Crippen molar-refractivity contribution in [1.29, 1.82) is 0 Å². The van der Waals surface area contributed by atoms with Crippen LogP contribution in [0.3, 0.4) is 0 Å². The van der Waals surface area contributed by atoms with Gasteiger partial charge in [-0.15, -0.1) is 0 Å². The summed E-state index contributed by atoms with van der Waals surface area (Å²) >= 11 is 0. The van der Waals surface area contributed by atoms with Crippen LogP contribution in [0.1, 0.15) is 0 Å². The Hall–Kier alpha value is 0.0906. The molecule has 0 spiro atoms. The van der Waals surface area contributed by atoms with Gasteiger partial charge in [0.2, 0.25) is 0 Å². The summed E-state index contributed by atoms with van der Waals surface area (Å²) in [7, 11) is -4.14. The molecule has 0 aromatic rings. The Bertz CT molecular complexity index is 268. The van der Waals surface area contributed by atoms with Gasteiger partial charge in [-0.25, -0.2) is 0 Å². The molecule has 0 aliphatic carbocycles. The van der Waals surface area contributed by atoms with Gasteiger partial charge < -0.3 is 3.90 Å². The number of hydrogen-bond acceptors (Lipinski definition) is 1. The molecule has 0 bridgehead atoms. The van der Waals surface area contributed by atoms with Crippen molar-refractivity contribution in [3.05, 3.63) is 24.4 Å². The molecule has 0 N–H and O–H groups in total. The highest BCUT2D eigenvalue weighted by atomic mass is 28.5. The lowest BCUT2D eigenvalue weighted by atomic mass is 10.6. The minimum Gasteiger partial charge on any atom is -0.365 e. The lowest BCUT2D eigenvalue weighted by Gasteiger charge is -2.53. The van der Waals surface area contributed by atoms with E-state index >= 15 is 0 Å². The Kier molecular flexibility index (Phi) is 4.79. The van der Waals surface area contributed by atoms with Gasteiger partial charge >= 0.3 is 0 Å². The number of rotatable bonds is 5. The molecule has 0 atom stereocenters. The van der Waals surface area contributed by atoms with E-state index in [1.165, 1.54) is 5.20 Å². The summed E-state index contributed by atoms with van der Waals surface area (Å²) in [5, 5.41) is 1.28. The molecule has 94 valence electrons. The van der Waals surface area contributed by atoms with Gasteiger partial charge in [0, 0.05) is 0 Å². The van der Waals surface area contributed by atoms with E-state index in [-0.39, 0.29) is 0 Å². The topological polar surface area (TPSA) is 3.24 Å². The quantitative estimate of drug-likeness (QED) is 0.528. The van der Waals surface area contributed by atoms with Gasteiger partial charge in [0.05, 0.1) is 0 Å². The van der Waals surface area contributed by atoms with Gasteiger partial charge in [0.1, 0.15) is 24.7 Å². The maximum Gasteiger partial charge on any atom is 0.140 e. The first kappa shape index (κ1) is 16.1. The van der Waals surface area contributed by atoms with Crippen molar-refractivity contribution in [2.24, 2.45) is 0 Å². The fraction of sp³-hybridized carbons (Fsp3) is 0.667. The molecule has 0 radical (unpaired) electrons. The molecule has 0 fully saturated rings. The normalized spacial score (nSPS) is 14.1. The fourth-order valence-corrected chi connectivity index (χ4v) is 26.2. The van der Waals surface area contributed by atoms with Gasteiger partial charge in [0.25, 0.3) is 0 Å². The molecular weight excluding hydrogens is 242 g/mol. The van der Waals surface area contributed by atoms with E-state index in [2.05, 4.69) is 69.4 Å². The van der Waals surface area contributed by atoms with Gasteiger partial charge in [-0.1, -0.05) is 76.8 Å². The largest absolute Gasteiger partial charge is 0.365 e. The molecule has 0 amide bonds. The molecule has 4 heteroatoms. The zero-order valence-corrected chi connectivity index (χ0v) is 15.4. The molecule has 1 nitrogen and oxygen atoms in total. The molecule has 0 aliphatic rings. The molecule has 0 unspecified atom stereocenters. The average Bonchev–Trinajstić information content (AvgIpc) is 1.95. The standard InChI is InChI=1S/C12H29NSi3/c1-11-12(2)16(9,10)13(14(3,4)5)15(6,7)8/h11H,1-2H2,3-10H3. The van der Waals surface area contributed by atoms with Gasteiger partial charge in [-0.3, -0.25) is 0 Å². The van der Waals surface area contributed by atoms with Crippen LogP contribution in [-0.4, -0.2) is 28.6 Å². The zero-order chi connectivity index (χ0) is 13.4. The van der Waals surface area contributed by atoms with Crippen LogP contribution in [0.15, 0.2) is 24.4 Å². The highest BCUT2D eigenvalue weighted by molar-refractivity contribution is 7.06. The SMILES string of the molecule is C=CC(=C)[Si](C)(C)N([Si](C)(C)C)[Si](C)(C)C. The van der Waals surface area contributed by atoms with E-state index in [0.717, 1.165) is 0 Å². The van der Waals surface area contributed by atoms with Crippen molar-refractivity contribution in [1.82, 2.24) is 3.90 Å². The van der Waals surface area contributed by atoms with E-state index in [1.807, 2.05) is 6.08 Å². The minimum atomic E-state index is -1.56. The van der Waals surface area contributed by atoms with Crippen molar-refractivity contribution >= 4 is 24.7 Å². The average molecular weight is 272 g/mol. The Balaban J connectivity index is 5.54. The molecule has 0 heterocycles. The maximum atomic E-state index is 4.24. The van der Waals surface area contributed by atoms with Crippen LogP contribution >= 0.6 is 0 Å². The molecule has 0 rings (SSSR count). The summed E-state index contributed by atoms with van der Waals surface area (Å²) in [6, 6.07) is 0. The lowest BCUT2D eigenvalue weighted by Crippen LogP contribution is -2.70. The van der Waals surface area contributed by atoms with E-state index in [1.54, 1.807) is 0 Å². The monoisotopic (exact) mass is 271 g/mol. The lowest BCUT2D eigenvalue weighted by molar-refractivity contribution is 0.903. The third-order valence-electron chi connectivity index (χ3n) is 2.93. The summed E-state index contributed by atoms with van der Waals surface area (Å²) in [4.78, 5) is 0. The second kappa shape index (κ2) is 4.76. The molecule has 16 heavy (non-hydrogen) atoms. The molecule has 0 saturated carbocycles. The van der Waals surface area contributed by atoms with E-state index in [0.29, 0.717) is 0 Å². The first-order valence-corrected chi connectivity index (χ1v) is 15.8. The third-order valence-corrected chi connectivity index (χ3v) is 19.9. The first-order valence-electron chi connectivity index (χ1n) is 5.97. The maximum absolute atomic E-state index is 4.24. The fourth-order valence-electron chi connectivity index (χ4n) is 3.08. The molecule has 0 aromatic carbocycles. The van der Waals surface area contributed by atoms with Crippen LogP contribution in [-0.2, 0) is 0 Å². The second-order valence-corrected chi connectivity index (χ2v) is 22.1. The van der Waals surface area contributed by atoms with E-state index in [4.69, 9.17) is 0 Å². The van der Waals surface area contributed by atoms with Crippen molar-refractivity contribution in [3.8, 4) is 0 Å². The van der Waals surface area contributed by atoms with Crippen molar-refractivity contribution in [3.63, 3.8) is 0 Å². The minimum absolute atomic E-state index is 1.28. The van der Waals surface area contributed by atoms with Crippen LogP contribution < -0.4 is 0 Å². The molecule has 0 aliphatic heterocycles. The van der Waals surface area contributed by atoms with Crippen LogP contribution in [0.5, 0.6) is 0 Å². The number of hydrogen-bond donors (Lipinski definition) is 0. The summed E-state index contributed by atoms with van der Waals surface area (Å²) in [5.41, 5.74) is 0. The molecule has 0 saturated heterocycles. The Morgan fingerprint density at radius 3 is 1.38 bits per heavy atom. The summed E-state index contributed by atoms with van der Waals surface area (Å²) < 4.78 is 2.91. The van der Waals surface area contributed by atoms with Crippen LogP contribution in [0.25, 0.3) is 0 Å². The van der Waals surface area contributed by atoms with Gasteiger partial charge in [-0.2, -0.15) is 0 Å². The Morgan fingerprint density at radius 1 is 0.875 bits per heavy atom. The van der Waals surface area contributed by atoms with Crippen LogP contribution in [0.2, 0.25) is 52.4 Å². The van der Waals surface area contributed by atoms with Crippen molar-refractivity contribution in [2.45, 2.75) is 52.4 Å². The highest BCUT2D eigenvalue weighted by Gasteiger charge is 2.45. The number of nitrogens with zero attached hydrogens (tertiary/aromatic N) is 1. The van der Waals surface area contributed by atoms with E-state index in [9.17, 15) is 0 Å². The smallest absolute Gasteiger partial charge is 0.140 e. The van der Waals surface area contributed by atoms with E-state index < -0.39 is 24.7 Å². The van der Waals surface area contributed by atoms with Gasteiger partial charge in [-0.05, 0) is 0 Å². The van der Waals surface area contributed by atoms with Crippen molar-refractivity contribution < 1.29 is 0 Å². The van der Waals surface area contributed by atoms with Crippen LogP contribution in [0.4, 0.5) is 0 Å². The molecule has 0 aromatic heterocycles. The Morgan fingerprint density at radius 2 is 1.19 bits per heavy atom. The first-order chi connectivity index (χ1) is 6.85. The Labute approximate surface area is 106 Å². The number of allylic oxidation sites excluding steroid dienone is 2. The molecular formula is C12H29NSi3. The zero-order valence-electron chi connectivity index (χ0n) is 12.4. The second-order valence-electron chi connectivity index (χ2n) is 6.97. The third kappa shape index (κ3) is 3.55. The predicted molar refractivity (Wildman–Crippen MR) is 85.4 cm³/mol. The summed E-state index contributed by atoms with van der Waals surface area (Å²) in [6.45, 7) is 27.7. The highest BCUT2D eigenvalue weighted by Crippen LogP contribution is 2.31. The summed E-state index contributed by atoms with van der Waals surface area (Å²) in [6.07, 6.45) is 1.97. The summed E-state index contributed by atoms with van der Waals surface area (Å²) in [5.74, 6) is 0. The van der Waals surface area contributed by atoms with Gasteiger partial charge in [0.15, 0.2) is 0 Å².